The number of aliphatic hydroxyl groups excluding tert-OH is 1. The number of hydrogen-bond acceptors (Lipinski definition) is 13. The molecule has 3 aliphatic rings. The van der Waals surface area contributed by atoms with Gasteiger partial charge in [-0.2, -0.15) is 0 Å². The highest BCUT2D eigenvalue weighted by atomic mass is 16.6. The first-order valence-corrected chi connectivity index (χ1v) is 22.8. The van der Waals surface area contributed by atoms with E-state index in [2.05, 4.69) is 45.7 Å². The van der Waals surface area contributed by atoms with Crippen LogP contribution < -0.4 is 9.47 Å². The number of fused-ring (bicyclic) bond motifs is 5. The SMILES string of the molecule is CCCCC1=C(C)C2=NC1Cc1[nH]c(c(CC)c1CC)/C=C1\N=C(C=Nc3cc(OCCOCCOCCOC)c(OCCOCCOCCOC)cc3N=C2)C(C)=C1CCCO. The third-order valence-electron chi connectivity index (χ3n) is 11.3. The van der Waals surface area contributed by atoms with Gasteiger partial charge in [0.1, 0.15) is 13.2 Å². The van der Waals surface area contributed by atoms with Crippen molar-refractivity contribution < 1.29 is 43.0 Å². The van der Waals surface area contributed by atoms with Gasteiger partial charge in [0.05, 0.1) is 113 Å². The summed E-state index contributed by atoms with van der Waals surface area (Å²) in [4.78, 5) is 24.5. The molecule has 1 unspecified atom stereocenters. The van der Waals surface area contributed by atoms with Gasteiger partial charge in [-0.3, -0.25) is 15.0 Å². The maximum atomic E-state index is 9.88. The maximum absolute atomic E-state index is 9.88. The van der Waals surface area contributed by atoms with Crippen LogP contribution in [0.2, 0.25) is 0 Å². The first-order valence-electron chi connectivity index (χ1n) is 22.8. The van der Waals surface area contributed by atoms with E-state index in [9.17, 15) is 5.11 Å². The lowest BCUT2D eigenvalue weighted by Crippen LogP contribution is -2.14. The number of benzene rings is 1. The van der Waals surface area contributed by atoms with Crippen LogP contribution in [0.4, 0.5) is 11.4 Å². The molecule has 14 nitrogen and oxygen atoms in total. The molecule has 0 radical (unpaired) electrons. The van der Waals surface area contributed by atoms with E-state index in [0.717, 1.165) is 72.5 Å². The maximum Gasteiger partial charge on any atom is 0.163 e. The molecule has 0 fully saturated rings. The molecule has 1 atom stereocenters. The molecule has 3 aliphatic heterocycles. The lowest BCUT2D eigenvalue weighted by atomic mass is 9.93. The summed E-state index contributed by atoms with van der Waals surface area (Å²) in [5.41, 5.74) is 13.3. The molecule has 2 aromatic rings. The topological polar surface area (TPSA) is 159 Å². The number of methoxy groups -OCH3 is 2. The van der Waals surface area contributed by atoms with Crippen molar-refractivity contribution in [2.45, 2.75) is 92.0 Å². The van der Waals surface area contributed by atoms with Crippen molar-refractivity contribution in [1.29, 1.82) is 0 Å². The second kappa shape index (κ2) is 27.1. The number of hydrogen-bond donors (Lipinski definition) is 2. The third kappa shape index (κ3) is 14.4. The Hall–Kier alpha value is -4.28. The second-order valence-corrected chi connectivity index (χ2v) is 15.6. The van der Waals surface area contributed by atoms with Gasteiger partial charge in [0.15, 0.2) is 11.5 Å². The van der Waals surface area contributed by atoms with E-state index in [1.54, 1.807) is 20.4 Å². The average molecular weight is 874 g/mol. The minimum atomic E-state index is -0.00196. The molecule has 1 aromatic carbocycles. The van der Waals surface area contributed by atoms with Crippen LogP contribution in [0.5, 0.6) is 11.5 Å². The molecule has 4 heterocycles. The van der Waals surface area contributed by atoms with Crippen molar-refractivity contribution in [3.8, 4) is 11.5 Å². The highest BCUT2D eigenvalue weighted by Gasteiger charge is 2.28. The molecule has 0 saturated heterocycles. The van der Waals surface area contributed by atoms with Gasteiger partial charge >= 0.3 is 0 Å². The van der Waals surface area contributed by atoms with Gasteiger partial charge in [0.25, 0.3) is 0 Å². The number of unbranched alkanes of at least 4 members (excludes halogenated alkanes) is 1. The number of ether oxygens (including phenoxy) is 8. The molecular weight excluding hydrogens is 803 g/mol. The van der Waals surface area contributed by atoms with E-state index in [0.29, 0.717) is 102 Å². The fraction of sp³-hybridized carbons (Fsp3) is 0.592. The van der Waals surface area contributed by atoms with Gasteiger partial charge in [0.2, 0.25) is 0 Å². The van der Waals surface area contributed by atoms with Crippen LogP contribution in [-0.2, 0) is 47.7 Å². The zero-order valence-electron chi connectivity index (χ0n) is 38.8. The molecule has 63 heavy (non-hydrogen) atoms. The van der Waals surface area contributed by atoms with Gasteiger partial charge in [-0.05, 0) is 91.9 Å². The third-order valence-corrected chi connectivity index (χ3v) is 11.3. The molecule has 0 saturated carbocycles. The monoisotopic (exact) mass is 874 g/mol. The van der Waals surface area contributed by atoms with Crippen LogP contribution in [0.15, 0.2) is 60.1 Å². The molecule has 14 heteroatoms. The first-order chi connectivity index (χ1) is 30.9. The Balaban J connectivity index is 1.54. The predicted molar refractivity (Wildman–Crippen MR) is 252 cm³/mol. The Kier molecular flexibility index (Phi) is 21.4. The zero-order chi connectivity index (χ0) is 44.8. The minimum absolute atomic E-state index is 0.00196. The normalized spacial score (nSPS) is 17.0. The van der Waals surface area contributed by atoms with Gasteiger partial charge < -0.3 is 48.0 Å². The minimum Gasteiger partial charge on any atom is -0.487 e. The van der Waals surface area contributed by atoms with Gasteiger partial charge in [-0.25, -0.2) is 4.99 Å². The fourth-order valence-electron chi connectivity index (χ4n) is 7.92. The number of H-pyrrole nitrogens is 1. The van der Waals surface area contributed by atoms with Crippen LogP contribution >= 0.6 is 0 Å². The van der Waals surface area contributed by atoms with Crippen LogP contribution in [0.25, 0.3) is 6.08 Å². The van der Waals surface area contributed by atoms with Crippen molar-refractivity contribution >= 4 is 41.3 Å². The zero-order valence-corrected chi connectivity index (χ0v) is 38.8. The number of aliphatic hydroxyl groups is 1. The summed E-state index contributed by atoms with van der Waals surface area (Å²) < 4.78 is 45.4. The lowest BCUT2D eigenvalue weighted by Gasteiger charge is -2.15. The number of aromatic amines is 1. The smallest absolute Gasteiger partial charge is 0.163 e. The van der Waals surface area contributed by atoms with Crippen molar-refractivity contribution in [3.05, 3.63) is 62.6 Å². The summed E-state index contributed by atoms with van der Waals surface area (Å²) in [6, 6.07) is 3.72. The molecule has 5 rings (SSSR count). The highest BCUT2D eigenvalue weighted by Crippen LogP contribution is 2.41. The first kappa shape index (κ1) is 49.7. The molecule has 2 N–H and O–H groups in total. The Labute approximate surface area is 374 Å². The van der Waals surface area contributed by atoms with Crippen molar-refractivity contribution in [3.63, 3.8) is 0 Å². The Morgan fingerprint density at radius 3 is 1.76 bits per heavy atom. The summed E-state index contributed by atoms with van der Waals surface area (Å²) in [5, 5.41) is 9.88. The fourth-order valence-corrected chi connectivity index (χ4v) is 7.92. The van der Waals surface area contributed by atoms with E-state index in [1.165, 1.54) is 28.0 Å². The molecule has 0 spiro atoms. The molecule has 346 valence electrons. The van der Waals surface area contributed by atoms with Crippen LogP contribution in [0, 0.1) is 0 Å². The molecule has 6 bridgehead atoms. The number of nitrogens with one attached hydrogen (secondary N) is 1. The van der Waals surface area contributed by atoms with Crippen LogP contribution in [-0.4, -0.2) is 140 Å². The van der Waals surface area contributed by atoms with Crippen LogP contribution in [0.1, 0.15) is 89.2 Å². The van der Waals surface area contributed by atoms with E-state index in [1.807, 2.05) is 18.3 Å². The summed E-state index contributed by atoms with van der Waals surface area (Å²) in [7, 11) is 3.29. The van der Waals surface area contributed by atoms with Crippen molar-refractivity contribution in [2.75, 3.05) is 100 Å². The van der Waals surface area contributed by atoms with Gasteiger partial charge in [-0.1, -0.05) is 27.2 Å². The number of aliphatic imine (C=N–C) groups is 4. The Bertz CT molecular complexity index is 1990. The van der Waals surface area contributed by atoms with E-state index >= 15 is 0 Å². The van der Waals surface area contributed by atoms with E-state index in [4.69, 9.17) is 57.9 Å². The van der Waals surface area contributed by atoms with Gasteiger partial charge in [-0.15, -0.1) is 0 Å². The highest BCUT2D eigenvalue weighted by molar-refractivity contribution is 6.40. The number of nitrogens with zero attached hydrogens (tertiary/aromatic N) is 4. The standard InChI is InChI=1S/C49H71N5O9/c1-8-11-13-38-34(4)46-32-50-44-30-48(62-26-24-60-22-20-58-18-16-56-6)49(63-27-25-61-23-21-59-19-17-57-7)31-45(44)51-33-47-35(5)39(14-12-15-55)43(54-47)29-41-37(10-3)36(9-2)40(52-41)28-42(38)53-46/h29-33,42,52,55H,8-28H2,1-7H3/b43-29-,50-32?,51-33?. The summed E-state index contributed by atoms with van der Waals surface area (Å²) >= 11 is 0. The lowest BCUT2D eigenvalue weighted by molar-refractivity contribution is 0.0160. The largest absolute Gasteiger partial charge is 0.487 e. The van der Waals surface area contributed by atoms with Crippen molar-refractivity contribution in [2.24, 2.45) is 20.0 Å². The van der Waals surface area contributed by atoms with Crippen molar-refractivity contribution in [1.82, 2.24) is 4.98 Å². The number of aromatic nitrogens is 1. The molecule has 0 amide bonds. The van der Waals surface area contributed by atoms with Crippen LogP contribution in [0.3, 0.4) is 0 Å². The summed E-state index contributed by atoms with van der Waals surface area (Å²) in [5.74, 6) is 1.00. The summed E-state index contributed by atoms with van der Waals surface area (Å²) in [6.45, 7) is 16.2. The van der Waals surface area contributed by atoms with E-state index < -0.39 is 0 Å². The quantitative estimate of drug-likeness (QED) is 0.0806. The number of rotatable bonds is 28. The molecular formula is C49H71N5O9. The average Bonchev–Trinajstić information content (AvgIpc) is 3.89. The molecule has 1 aromatic heterocycles. The summed E-state index contributed by atoms with van der Waals surface area (Å²) in [6.07, 6.45) is 13.0. The predicted octanol–water partition coefficient (Wildman–Crippen LogP) is 8.13. The molecule has 0 aliphatic carbocycles. The Morgan fingerprint density at radius 1 is 0.667 bits per heavy atom. The second-order valence-electron chi connectivity index (χ2n) is 15.6. The Morgan fingerprint density at radius 2 is 1.22 bits per heavy atom. The number of allylic oxidation sites excluding steroid dienone is 3. The van der Waals surface area contributed by atoms with E-state index in [-0.39, 0.29) is 25.9 Å². The van der Waals surface area contributed by atoms with Gasteiger partial charge in [0, 0.05) is 50.8 Å².